The lowest BCUT2D eigenvalue weighted by Gasteiger charge is -2.23. The Hall–Kier alpha value is -2.06. The second-order valence-electron chi connectivity index (χ2n) is 3.94. The molecule has 0 saturated heterocycles. The van der Waals surface area contributed by atoms with E-state index >= 15 is 0 Å². The lowest BCUT2D eigenvalue weighted by Crippen LogP contribution is -2.32. The average molecular weight is 317 g/mol. The number of hydrogen-bond donors (Lipinski definition) is 0. The third-order valence-electron chi connectivity index (χ3n) is 2.44. The highest BCUT2D eigenvalue weighted by Crippen LogP contribution is 2.31. The van der Waals surface area contributed by atoms with E-state index in [4.69, 9.17) is 0 Å². The van der Waals surface area contributed by atoms with Crippen LogP contribution in [0.15, 0.2) is 60.7 Å². The molecule has 112 valence electrons. The van der Waals surface area contributed by atoms with E-state index in [-0.39, 0.29) is 11.4 Å². The highest BCUT2D eigenvalue weighted by molar-refractivity contribution is 7.87. The fraction of sp³-hybridized carbons (Fsp3) is 0.0769. The first kappa shape index (κ1) is 15.3. The van der Waals surface area contributed by atoms with Crippen molar-refractivity contribution in [1.82, 2.24) is 0 Å². The maximum absolute atomic E-state index is 12.5. The molecule has 0 bridgehead atoms. The molecule has 0 atom stereocenters. The van der Waals surface area contributed by atoms with Gasteiger partial charge in [-0.1, -0.05) is 36.4 Å². The van der Waals surface area contributed by atoms with Gasteiger partial charge in [-0.2, -0.15) is 21.6 Å². The molecule has 0 aliphatic carbocycles. The van der Waals surface area contributed by atoms with Crippen LogP contribution in [0.3, 0.4) is 0 Å². The van der Waals surface area contributed by atoms with Crippen molar-refractivity contribution in [1.29, 1.82) is 0 Å². The van der Waals surface area contributed by atoms with Crippen LogP contribution in [0.25, 0.3) is 0 Å². The molecule has 0 aliphatic rings. The van der Waals surface area contributed by atoms with Gasteiger partial charge < -0.3 is 0 Å². The van der Waals surface area contributed by atoms with Gasteiger partial charge in [0, 0.05) is 0 Å². The number of benzene rings is 2. The van der Waals surface area contributed by atoms with Gasteiger partial charge >= 0.3 is 15.6 Å². The lowest BCUT2D eigenvalue weighted by molar-refractivity contribution is -0.0542. The van der Waals surface area contributed by atoms with Crippen molar-refractivity contribution in [2.24, 2.45) is 0 Å². The molecule has 0 aromatic heterocycles. The van der Waals surface area contributed by atoms with E-state index in [0.717, 1.165) is 0 Å². The van der Waals surface area contributed by atoms with Crippen LogP contribution in [0.1, 0.15) is 0 Å². The van der Waals surface area contributed by atoms with Crippen LogP contribution < -0.4 is 5.06 Å². The zero-order valence-electron chi connectivity index (χ0n) is 10.5. The van der Waals surface area contributed by atoms with Crippen molar-refractivity contribution < 1.29 is 25.9 Å². The first-order valence-corrected chi connectivity index (χ1v) is 7.13. The third-order valence-corrected chi connectivity index (χ3v) is 3.35. The topological polar surface area (TPSA) is 46.6 Å². The average Bonchev–Trinajstić information content (AvgIpc) is 2.45. The van der Waals surface area contributed by atoms with Crippen molar-refractivity contribution in [3.63, 3.8) is 0 Å². The van der Waals surface area contributed by atoms with Gasteiger partial charge in [-0.15, -0.1) is 4.28 Å². The summed E-state index contributed by atoms with van der Waals surface area (Å²) in [5.74, 6) is 0. The molecule has 4 nitrogen and oxygen atoms in total. The number of rotatable bonds is 4. The van der Waals surface area contributed by atoms with E-state index in [1.54, 1.807) is 36.4 Å². The maximum atomic E-state index is 12.5. The van der Waals surface area contributed by atoms with Gasteiger partial charge in [0.05, 0.1) is 11.4 Å². The summed E-state index contributed by atoms with van der Waals surface area (Å²) in [6, 6.07) is 15.2. The Bertz CT molecular complexity index is 648. The second-order valence-corrected chi connectivity index (χ2v) is 5.46. The Kier molecular flexibility index (Phi) is 4.19. The Morgan fingerprint density at radius 2 is 1.19 bits per heavy atom. The molecule has 2 rings (SSSR count). The van der Waals surface area contributed by atoms with Crippen LogP contribution in [0.5, 0.6) is 0 Å². The van der Waals surface area contributed by atoms with Crippen LogP contribution >= 0.6 is 0 Å². The second kappa shape index (κ2) is 5.74. The Morgan fingerprint density at radius 1 is 0.810 bits per heavy atom. The molecule has 0 unspecified atom stereocenters. The molecular weight excluding hydrogens is 307 g/mol. The number of alkyl halides is 3. The van der Waals surface area contributed by atoms with Gasteiger partial charge in [0.15, 0.2) is 0 Å². The summed E-state index contributed by atoms with van der Waals surface area (Å²) in [6.07, 6.45) is 0. The summed E-state index contributed by atoms with van der Waals surface area (Å²) in [5, 5.41) is 0.614. The summed E-state index contributed by atoms with van der Waals surface area (Å²) in [5.41, 5.74) is -5.21. The Morgan fingerprint density at radius 3 is 1.52 bits per heavy atom. The molecule has 0 amide bonds. The summed E-state index contributed by atoms with van der Waals surface area (Å²) >= 11 is 0. The molecule has 0 fully saturated rings. The molecule has 2 aromatic rings. The normalized spacial score (nSPS) is 12.1. The summed E-state index contributed by atoms with van der Waals surface area (Å²) < 4.78 is 64.2. The predicted octanol–water partition coefficient (Wildman–Crippen LogP) is 3.61. The molecule has 21 heavy (non-hydrogen) atoms. The van der Waals surface area contributed by atoms with Gasteiger partial charge in [-0.3, -0.25) is 0 Å². The van der Waals surface area contributed by atoms with Crippen molar-refractivity contribution in [2.45, 2.75) is 5.51 Å². The molecule has 0 saturated carbocycles. The zero-order chi connectivity index (χ0) is 15.5. The molecule has 0 heterocycles. The molecule has 0 N–H and O–H groups in total. The van der Waals surface area contributed by atoms with E-state index < -0.39 is 15.6 Å². The van der Waals surface area contributed by atoms with Gasteiger partial charge in [-0.05, 0) is 24.3 Å². The Labute approximate surface area is 119 Å². The third kappa shape index (κ3) is 3.53. The van der Waals surface area contributed by atoms with E-state index in [2.05, 4.69) is 4.28 Å². The fourth-order valence-electron chi connectivity index (χ4n) is 1.50. The minimum atomic E-state index is -5.77. The molecular formula is C13H10F3NO3S. The first-order chi connectivity index (χ1) is 9.81. The van der Waals surface area contributed by atoms with E-state index in [9.17, 15) is 21.6 Å². The molecule has 8 heteroatoms. The van der Waals surface area contributed by atoms with Crippen LogP contribution in [-0.2, 0) is 14.4 Å². The van der Waals surface area contributed by atoms with Gasteiger partial charge in [0.1, 0.15) is 0 Å². The van der Waals surface area contributed by atoms with Crippen LogP contribution in [0.4, 0.5) is 24.5 Å². The van der Waals surface area contributed by atoms with Crippen molar-refractivity contribution in [3.8, 4) is 0 Å². The number of nitrogens with zero attached hydrogens (tertiary/aromatic N) is 1. The fourth-order valence-corrected chi connectivity index (χ4v) is 1.96. The molecule has 0 aliphatic heterocycles. The van der Waals surface area contributed by atoms with E-state index in [1.807, 2.05) is 0 Å². The molecule has 0 radical (unpaired) electrons. The first-order valence-electron chi connectivity index (χ1n) is 5.72. The van der Waals surface area contributed by atoms with Gasteiger partial charge in [-0.25, -0.2) is 5.06 Å². The highest BCUT2D eigenvalue weighted by Gasteiger charge is 2.49. The number of para-hydroxylation sites is 2. The van der Waals surface area contributed by atoms with Crippen LogP contribution in [0, 0.1) is 0 Å². The Balaban J connectivity index is 2.44. The monoisotopic (exact) mass is 317 g/mol. The SMILES string of the molecule is O=S(=O)(ON(c1ccccc1)c1ccccc1)C(F)(F)F. The van der Waals surface area contributed by atoms with E-state index in [1.165, 1.54) is 24.3 Å². The van der Waals surface area contributed by atoms with Gasteiger partial charge in [0.2, 0.25) is 0 Å². The zero-order valence-corrected chi connectivity index (χ0v) is 11.3. The highest BCUT2D eigenvalue weighted by atomic mass is 32.2. The van der Waals surface area contributed by atoms with Crippen molar-refractivity contribution in [3.05, 3.63) is 60.7 Å². The van der Waals surface area contributed by atoms with Crippen molar-refractivity contribution in [2.75, 3.05) is 5.06 Å². The van der Waals surface area contributed by atoms with Crippen LogP contribution in [-0.4, -0.2) is 13.9 Å². The number of anilines is 2. The maximum Gasteiger partial charge on any atom is 0.525 e. The summed E-state index contributed by atoms with van der Waals surface area (Å²) in [7, 11) is -5.77. The minimum absolute atomic E-state index is 0.150. The van der Waals surface area contributed by atoms with Crippen molar-refractivity contribution >= 4 is 21.5 Å². The molecule has 0 spiro atoms. The summed E-state index contributed by atoms with van der Waals surface area (Å²) in [4.78, 5) is 0. The predicted molar refractivity (Wildman–Crippen MR) is 71.1 cm³/mol. The standard InChI is InChI=1S/C13H10F3NO3S/c14-13(15,16)21(18,19)20-17(11-7-3-1-4-8-11)12-9-5-2-6-10-12/h1-10H. The number of hydrogen-bond acceptors (Lipinski definition) is 4. The van der Waals surface area contributed by atoms with Gasteiger partial charge in [0.25, 0.3) is 0 Å². The van der Waals surface area contributed by atoms with E-state index in [0.29, 0.717) is 5.06 Å². The summed E-state index contributed by atoms with van der Waals surface area (Å²) in [6.45, 7) is 0. The quantitative estimate of drug-likeness (QED) is 0.638. The number of halogens is 3. The molecule has 2 aromatic carbocycles. The van der Waals surface area contributed by atoms with Crippen LogP contribution in [0.2, 0.25) is 0 Å². The largest absolute Gasteiger partial charge is 0.525 e. The minimum Gasteiger partial charge on any atom is -0.204 e. The smallest absolute Gasteiger partial charge is 0.204 e. The lowest BCUT2D eigenvalue weighted by atomic mass is 10.2.